The summed E-state index contributed by atoms with van der Waals surface area (Å²) in [5.41, 5.74) is 1.64. The summed E-state index contributed by atoms with van der Waals surface area (Å²) in [5, 5.41) is 2.92. The van der Waals surface area contributed by atoms with Gasteiger partial charge in [0.25, 0.3) is 5.91 Å². The van der Waals surface area contributed by atoms with Gasteiger partial charge in [-0.2, -0.15) is 0 Å². The van der Waals surface area contributed by atoms with Gasteiger partial charge in [0.2, 0.25) is 0 Å². The van der Waals surface area contributed by atoms with Gasteiger partial charge in [-0.25, -0.2) is 4.98 Å². The summed E-state index contributed by atoms with van der Waals surface area (Å²) < 4.78 is 11.5. The number of nitrogens with one attached hydrogen (secondary N) is 1. The minimum absolute atomic E-state index is 0.113. The van der Waals surface area contributed by atoms with Gasteiger partial charge in [-0.05, 0) is 17.7 Å². The van der Waals surface area contributed by atoms with Crippen LogP contribution >= 0.6 is 0 Å². The zero-order valence-electron chi connectivity index (χ0n) is 14.7. The van der Waals surface area contributed by atoms with Crippen molar-refractivity contribution in [2.45, 2.75) is 25.2 Å². The standard InChI is InChI=1S/C20H23N3O3/c24-19(22-14-16-4-2-1-3-5-16)17-6-7-18(21-15-17)23-10-8-20(9-11-23)25-12-13-26-20/h1-7,15H,8-14H2,(H,22,24). The van der Waals surface area contributed by atoms with E-state index < -0.39 is 0 Å². The number of nitrogens with zero attached hydrogens (tertiary/aromatic N) is 2. The minimum atomic E-state index is -0.381. The Morgan fingerprint density at radius 1 is 1.08 bits per heavy atom. The molecule has 1 N–H and O–H groups in total. The van der Waals surface area contributed by atoms with Crippen LogP contribution < -0.4 is 10.2 Å². The summed E-state index contributed by atoms with van der Waals surface area (Å²) in [6.07, 6.45) is 3.32. The maximum absolute atomic E-state index is 12.3. The molecule has 3 heterocycles. The van der Waals surface area contributed by atoms with Crippen molar-refractivity contribution in [2.24, 2.45) is 0 Å². The Labute approximate surface area is 153 Å². The molecule has 2 fully saturated rings. The zero-order valence-corrected chi connectivity index (χ0v) is 14.7. The van der Waals surface area contributed by atoms with Crippen LogP contribution in [0.5, 0.6) is 0 Å². The van der Waals surface area contributed by atoms with Crippen LogP contribution in [-0.4, -0.2) is 43.0 Å². The van der Waals surface area contributed by atoms with Crippen LogP contribution in [0.25, 0.3) is 0 Å². The van der Waals surface area contributed by atoms with E-state index in [0.29, 0.717) is 25.3 Å². The normalized spacial score (nSPS) is 18.8. The second-order valence-electron chi connectivity index (χ2n) is 6.67. The third-order valence-electron chi connectivity index (χ3n) is 4.97. The molecule has 26 heavy (non-hydrogen) atoms. The summed E-state index contributed by atoms with van der Waals surface area (Å²) in [4.78, 5) is 19.0. The van der Waals surface area contributed by atoms with E-state index >= 15 is 0 Å². The summed E-state index contributed by atoms with van der Waals surface area (Å²) in [6, 6.07) is 13.6. The van der Waals surface area contributed by atoms with Crippen molar-refractivity contribution in [1.29, 1.82) is 0 Å². The van der Waals surface area contributed by atoms with E-state index in [-0.39, 0.29) is 11.7 Å². The Morgan fingerprint density at radius 3 is 2.46 bits per heavy atom. The van der Waals surface area contributed by atoms with Crippen molar-refractivity contribution >= 4 is 11.7 Å². The fraction of sp³-hybridized carbons (Fsp3) is 0.400. The first-order valence-corrected chi connectivity index (χ1v) is 9.05. The average Bonchev–Trinajstić information content (AvgIpc) is 3.16. The van der Waals surface area contributed by atoms with E-state index in [2.05, 4.69) is 15.2 Å². The molecule has 0 atom stereocenters. The van der Waals surface area contributed by atoms with Crippen molar-refractivity contribution in [3.8, 4) is 0 Å². The van der Waals surface area contributed by atoms with E-state index in [4.69, 9.17) is 9.47 Å². The van der Waals surface area contributed by atoms with Crippen molar-refractivity contribution < 1.29 is 14.3 Å². The Kier molecular flexibility index (Phi) is 4.86. The van der Waals surface area contributed by atoms with Gasteiger partial charge >= 0.3 is 0 Å². The summed E-state index contributed by atoms with van der Waals surface area (Å²) in [5.74, 6) is 0.393. The number of rotatable bonds is 4. The Balaban J connectivity index is 1.32. The van der Waals surface area contributed by atoms with Crippen LogP contribution in [0.1, 0.15) is 28.8 Å². The topological polar surface area (TPSA) is 63.7 Å². The molecule has 1 aromatic heterocycles. The van der Waals surface area contributed by atoms with E-state index in [1.165, 1.54) is 0 Å². The third-order valence-corrected chi connectivity index (χ3v) is 4.97. The van der Waals surface area contributed by atoms with Gasteiger partial charge in [0.15, 0.2) is 5.79 Å². The number of carbonyl (C=O) groups excluding carboxylic acids is 1. The van der Waals surface area contributed by atoms with Gasteiger partial charge in [0, 0.05) is 38.7 Å². The molecule has 4 rings (SSSR count). The lowest BCUT2D eigenvalue weighted by Gasteiger charge is -2.38. The van der Waals surface area contributed by atoms with Crippen LogP contribution in [0, 0.1) is 0 Å². The first-order valence-electron chi connectivity index (χ1n) is 9.05. The zero-order chi connectivity index (χ0) is 17.8. The largest absolute Gasteiger partial charge is 0.356 e. The second kappa shape index (κ2) is 7.43. The van der Waals surface area contributed by atoms with Gasteiger partial charge < -0.3 is 19.7 Å². The van der Waals surface area contributed by atoms with Crippen LogP contribution in [0.2, 0.25) is 0 Å². The van der Waals surface area contributed by atoms with Gasteiger partial charge in [-0.3, -0.25) is 4.79 Å². The molecular weight excluding hydrogens is 330 g/mol. The predicted octanol–water partition coefficient (Wildman–Crippen LogP) is 2.35. The number of hydrogen-bond donors (Lipinski definition) is 1. The van der Waals surface area contributed by atoms with E-state index in [1.54, 1.807) is 6.20 Å². The number of amides is 1. The fourth-order valence-corrected chi connectivity index (χ4v) is 3.45. The van der Waals surface area contributed by atoms with Gasteiger partial charge in [-0.15, -0.1) is 0 Å². The van der Waals surface area contributed by atoms with Gasteiger partial charge in [0.05, 0.1) is 18.8 Å². The number of piperidine rings is 1. The highest BCUT2D eigenvalue weighted by Gasteiger charge is 2.39. The summed E-state index contributed by atoms with van der Waals surface area (Å²) >= 11 is 0. The molecule has 1 aromatic carbocycles. The molecule has 2 aromatic rings. The maximum atomic E-state index is 12.3. The lowest BCUT2D eigenvalue weighted by Crippen LogP contribution is -2.45. The molecule has 2 saturated heterocycles. The molecule has 2 aliphatic heterocycles. The molecule has 6 heteroatoms. The molecular formula is C20H23N3O3. The molecule has 0 aliphatic carbocycles. The summed E-state index contributed by atoms with van der Waals surface area (Å²) in [6.45, 7) is 3.56. The number of ether oxygens (including phenoxy) is 2. The molecule has 1 amide bonds. The number of anilines is 1. The molecule has 0 bridgehead atoms. The Hall–Kier alpha value is -2.44. The van der Waals surface area contributed by atoms with Crippen LogP contribution in [-0.2, 0) is 16.0 Å². The van der Waals surface area contributed by atoms with Crippen molar-refractivity contribution in [3.63, 3.8) is 0 Å². The fourth-order valence-electron chi connectivity index (χ4n) is 3.45. The average molecular weight is 353 g/mol. The summed E-state index contributed by atoms with van der Waals surface area (Å²) in [7, 11) is 0. The minimum Gasteiger partial charge on any atom is -0.356 e. The van der Waals surface area contributed by atoms with Crippen molar-refractivity contribution in [3.05, 3.63) is 59.8 Å². The lowest BCUT2D eigenvalue weighted by molar-refractivity contribution is -0.169. The molecule has 0 unspecified atom stereocenters. The number of pyridine rings is 1. The molecule has 136 valence electrons. The smallest absolute Gasteiger partial charge is 0.253 e. The third kappa shape index (κ3) is 3.71. The van der Waals surface area contributed by atoms with Gasteiger partial charge in [-0.1, -0.05) is 30.3 Å². The van der Waals surface area contributed by atoms with Gasteiger partial charge in [0.1, 0.15) is 5.82 Å². The van der Waals surface area contributed by atoms with E-state index in [0.717, 1.165) is 37.3 Å². The SMILES string of the molecule is O=C(NCc1ccccc1)c1ccc(N2CCC3(CC2)OCCO3)nc1. The Bertz CT molecular complexity index is 733. The van der Waals surface area contributed by atoms with Crippen LogP contribution in [0.15, 0.2) is 48.7 Å². The lowest BCUT2D eigenvalue weighted by atomic mass is 10.0. The molecule has 0 radical (unpaired) electrons. The molecule has 6 nitrogen and oxygen atoms in total. The highest BCUT2D eigenvalue weighted by Crippen LogP contribution is 2.32. The highest BCUT2D eigenvalue weighted by molar-refractivity contribution is 5.94. The number of aromatic nitrogens is 1. The number of carbonyl (C=O) groups is 1. The first kappa shape index (κ1) is 17.0. The van der Waals surface area contributed by atoms with Crippen LogP contribution in [0.3, 0.4) is 0 Å². The monoisotopic (exact) mass is 353 g/mol. The molecule has 0 saturated carbocycles. The molecule has 2 aliphatic rings. The van der Waals surface area contributed by atoms with Crippen LogP contribution in [0.4, 0.5) is 5.82 Å². The highest BCUT2D eigenvalue weighted by atomic mass is 16.7. The van der Waals surface area contributed by atoms with E-state index in [1.807, 2.05) is 42.5 Å². The second-order valence-corrected chi connectivity index (χ2v) is 6.67. The quantitative estimate of drug-likeness (QED) is 0.914. The van der Waals surface area contributed by atoms with E-state index in [9.17, 15) is 4.79 Å². The number of benzene rings is 1. The van der Waals surface area contributed by atoms with Crippen molar-refractivity contribution in [2.75, 3.05) is 31.2 Å². The van der Waals surface area contributed by atoms with Crippen molar-refractivity contribution in [1.82, 2.24) is 10.3 Å². The Morgan fingerprint density at radius 2 is 1.81 bits per heavy atom. The predicted molar refractivity (Wildman–Crippen MR) is 97.9 cm³/mol. The molecule has 1 spiro atoms. The number of hydrogen-bond acceptors (Lipinski definition) is 5. The first-order chi connectivity index (χ1) is 12.7. The maximum Gasteiger partial charge on any atom is 0.253 e.